The van der Waals surface area contributed by atoms with Gasteiger partial charge in [0.2, 0.25) is 11.9 Å². The minimum absolute atomic E-state index is 0.0499. The van der Waals surface area contributed by atoms with Gasteiger partial charge in [0.25, 0.3) is 0 Å². The Labute approximate surface area is 185 Å². The number of nitrogens with zero attached hydrogens (tertiary/aromatic N) is 5. The van der Waals surface area contributed by atoms with Crippen molar-refractivity contribution in [1.29, 1.82) is 0 Å². The number of halogens is 1. The van der Waals surface area contributed by atoms with Crippen LogP contribution in [-0.4, -0.2) is 34.5 Å². The number of ether oxygens (including phenoxy) is 1. The molecule has 0 aliphatic carbocycles. The zero-order valence-corrected chi connectivity index (χ0v) is 18.3. The largest absolute Gasteiger partial charge is 0.496 e. The van der Waals surface area contributed by atoms with Gasteiger partial charge in [0, 0.05) is 17.3 Å². The van der Waals surface area contributed by atoms with E-state index in [2.05, 4.69) is 15.0 Å². The highest BCUT2D eigenvalue weighted by Gasteiger charge is 2.34. The molecule has 0 saturated carbocycles. The fraction of sp³-hybridized carbons (Fsp3) is 0.273. The highest BCUT2D eigenvalue weighted by molar-refractivity contribution is 6.33. The fourth-order valence-electron chi connectivity index (χ4n) is 3.81. The lowest BCUT2D eigenvalue weighted by Crippen LogP contribution is -2.46. The normalized spacial score (nSPS) is 13.4. The summed E-state index contributed by atoms with van der Waals surface area (Å²) in [4.78, 5) is 29.7. The summed E-state index contributed by atoms with van der Waals surface area (Å²) in [5.41, 5.74) is 9.96. The molecule has 9 heteroatoms. The maximum absolute atomic E-state index is 13.2. The Bertz CT molecular complexity index is 1140. The van der Waals surface area contributed by atoms with Crippen LogP contribution in [0.25, 0.3) is 0 Å². The number of carbonyl (C=O) groups excluding carboxylic acids is 1. The Morgan fingerprint density at radius 2 is 1.90 bits per heavy atom. The van der Waals surface area contributed by atoms with Crippen molar-refractivity contribution in [1.82, 2.24) is 15.0 Å². The maximum Gasteiger partial charge on any atom is 0.247 e. The van der Waals surface area contributed by atoms with Crippen LogP contribution in [0.2, 0.25) is 5.15 Å². The molecule has 2 aromatic heterocycles. The first-order chi connectivity index (χ1) is 14.9. The molecule has 1 aliphatic heterocycles. The second-order valence-corrected chi connectivity index (χ2v) is 7.77. The van der Waals surface area contributed by atoms with Crippen molar-refractivity contribution in [3.63, 3.8) is 0 Å². The standard InChI is InChI=1S/C22H23ClN6O2/c1-13-9-25-16(14(2)19(13)31-3)11-28-12-17(30)29(10-15-7-5-4-6-8-15)18-20(23)26-22(24)27-21(18)28/h4-9H,10-12H2,1-3H3,(H2,24,26,27). The zero-order chi connectivity index (χ0) is 22.1. The third-order valence-corrected chi connectivity index (χ3v) is 5.57. The van der Waals surface area contributed by atoms with Gasteiger partial charge in [-0.1, -0.05) is 41.9 Å². The van der Waals surface area contributed by atoms with E-state index in [0.717, 1.165) is 28.1 Å². The van der Waals surface area contributed by atoms with Gasteiger partial charge in [-0.3, -0.25) is 9.78 Å². The molecule has 3 aromatic rings. The van der Waals surface area contributed by atoms with E-state index in [4.69, 9.17) is 22.1 Å². The number of pyridine rings is 1. The van der Waals surface area contributed by atoms with Gasteiger partial charge in [-0.05, 0) is 19.4 Å². The van der Waals surface area contributed by atoms with Crippen LogP contribution in [0, 0.1) is 13.8 Å². The zero-order valence-electron chi connectivity index (χ0n) is 17.6. The number of benzene rings is 1. The lowest BCUT2D eigenvalue weighted by Gasteiger charge is -2.36. The number of amides is 1. The van der Waals surface area contributed by atoms with E-state index >= 15 is 0 Å². The molecule has 3 heterocycles. The molecule has 1 aliphatic rings. The number of nitrogens with two attached hydrogens (primary N) is 1. The second-order valence-electron chi connectivity index (χ2n) is 7.41. The third-order valence-electron chi connectivity index (χ3n) is 5.31. The van der Waals surface area contributed by atoms with Crippen molar-refractivity contribution < 1.29 is 9.53 Å². The Balaban J connectivity index is 1.75. The smallest absolute Gasteiger partial charge is 0.247 e. The van der Waals surface area contributed by atoms with Crippen molar-refractivity contribution in [2.24, 2.45) is 0 Å². The lowest BCUT2D eigenvalue weighted by atomic mass is 10.1. The van der Waals surface area contributed by atoms with Crippen molar-refractivity contribution in [2.45, 2.75) is 26.9 Å². The van der Waals surface area contributed by atoms with E-state index in [-0.39, 0.29) is 23.6 Å². The van der Waals surface area contributed by atoms with Gasteiger partial charge in [0.15, 0.2) is 11.0 Å². The number of anilines is 3. The molecule has 0 spiro atoms. The maximum atomic E-state index is 13.2. The number of aryl methyl sites for hydroxylation is 1. The third kappa shape index (κ3) is 3.98. The van der Waals surface area contributed by atoms with Gasteiger partial charge in [0.1, 0.15) is 11.4 Å². The molecular formula is C22H23ClN6O2. The van der Waals surface area contributed by atoms with E-state index < -0.39 is 0 Å². The van der Waals surface area contributed by atoms with Crippen LogP contribution in [0.3, 0.4) is 0 Å². The Hall–Kier alpha value is -3.39. The predicted octanol–water partition coefficient (Wildman–Crippen LogP) is 3.29. The summed E-state index contributed by atoms with van der Waals surface area (Å²) < 4.78 is 5.52. The first-order valence-corrected chi connectivity index (χ1v) is 10.2. The van der Waals surface area contributed by atoms with Crippen LogP contribution in [0.5, 0.6) is 5.75 Å². The van der Waals surface area contributed by atoms with Gasteiger partial charge >= 0.3 is 0 Å². The van der Waals surface area contributed by atoms with E-state index in [0.29, 0.717) is 24.6 Å². The van der Waals surface area contributed by atoms with Gasteiger partial charge in [-0.15, -0.1) is 0 Å². The average molecular weight is 439 g/mol. The lowest BCUT2D eigenvalue weighted by molar-refractivity contribution is -0.117. The number of hydrogen-bond acceptors (Lipinski definition) is 7. The molecule has 0 saturated heterocycles. The molecule has 0 unspecified atom stereocenters. The molecule has 8 nitrogen and oxygen atoms in total. The number of fused-ring (bicyclic) bond motifs is 1. The molecule has 1 aromatic carbocycles. The van der Waals surface area contributed by atoms with Gasteiger partial charge in [-0.25, -0.2) is 0 Å². The highest BCUT2D eigenvalue weighted by atomic mass is 35.5. The van der Waals surface area contributed by atoms with Gasteiger partial charge < -0.3 is 20.3 Å². The average Bonchev–Trinajstić information content (AvgIpc) is 2.74. The fourth-order valence-corrected chi connectivity index (χ4v) is 4.08. The number of rotatable bonds is 5. The number of aromatic nitrogens is 3. The predicted molar refractivity (Wildman–Crippen MR) is 120 cm³/mol. The summed E-state index contributed by atoms with van der Waals surface area (Å²) in [7, 11) is 1.63. The summed E-state index contributed by atoms with van der Waals surface area (Å²) >= 11 is 6.45. The number of methoxy groups -OCH3 is 1. The van der Waals surface area contributed by atoms with Crippen LogP contribution in [0.15, 0.2) is 36.5 Å². The molecule has 0 bridgehead atoms. The van der Waals surface area contributed by atoms with Gasteiger partial charge in [0.05, 0.1) is 32.4 Å². The summed E-state index contributed by atoms with van der Waals surface area (Å²) in [6, 6.07) is 9.70. The minimum Gasteiger partial charge on any atom is -0.496 e. The SMILES string of the molecule is COc1c(C)cnc(CN2CC(=O)N(Cc3ccccc3)c3c(Cl)nc(N)nc32)c1C. The van der Waals surface area contributed by atoms with Crippen molar-refractivity contribution >= 4 is 35.0 Å². The van der Waals surface area contributed by atoms with E-state index in [1.807, 2.05) is 49.1 Å². The Kier molecular flexibility index (Phi) is 5.65. The second kappa shape index (κ2) is 8.39. The molecular weight excluding hydrogens is 416 g/mol. The summed E-state index contributed by atoms with van der Waals surface area (Å²) in [6.45, 7) is 4.72. The van der Waals surface area contributed by atoms with E-state index in [1.165, 1.54) is 0 Å². The number of carbonyl (C=O) groups is 1. The van der Waals surface area contributed by atoms with Crippen molar-refractivity contribution in [3.8, 4) is 5.75 Å². The summed E-state index contributed by atoms with van der Waals surface area (Å²) in [6.07, 6.45) is 1.76. The van der Waals surface area contributed by atoms with Crippen LogP contribution in [-0.2, 0) is 17.9 Å². The minimum atomic E-state index is -0.108. The molecule has 0 radical (unpaired) electrons. The molecule has 0 fully saturated rings. The van der Waals surface area contributed by atoms with Crippen LogP contribution >= 0.6 is 11.6 Å². The molecule has 0 atom stereocenters. The number of nitrogen functional groups attached to an aromatic ring is 1. The van der Waals surface area contributed by atoms with Crippen LogP contribution in [0.4, 0.5) is 17.5 Å². The number of hydrogen-bond donors (Lipinski definition) is 1. The molecule has 4 rings (SSSR count). The van der Waals surface area contributed by atoms with Crippen LogP contribution < -0.4 is 20.3 Å². The van der Waals surface area contributed by atoms with Crippen molar-refractivity contribution in [3.05, 3.63) is 64.1 Å². The van der Waals surface area contributed by atoms with Crippen molar-refractivity contribution in [2.75, 3.05) is 29.2 Å². The molecule has 31 heavy (non-hydrogen) atoms. The van der Waals surface area contributed by atoms with E-state index in [9.17, 15) is 4.79 Å². The Morgan fingerprint density at radius 3 is 2.61 bits per heavy atom. The first kappa shape index (κ1) is 20.9. The molecule has 160 valence electrons. The Morgan fingerprint density at radius 1 is 1.16 bits per heavy atom. The molecule has 2 N–H and O–H groups in total. The van der Waals surface area contributed by atoms with E-state index in [1.54, 1.807) is 18.2 Å². The monoisotopic (exact) mass is 438 g/mol. The van der Waals surface area contributed by atoms with Crippen LogP contribution in [0.1, 0.15) is 22.4 Å². The summed E-state index contributed by atoms with van der Waals surface area (Å²) in [5.74, 6) is 1.23. The quantitative estimate of drug-likeness (QED) is 0.610. The highest BCUT2D eigenvalue weighted by Crippen LogP contribution is 2.39. The topological polar surface area (TPSA) is 97.5 Å². The first-order valence-electron chi connectivity index (χ1n) is 9.80. The van der Waals surface area contributed by atoms with Gasteiger partial charge in [-0.2, -0.15) is 9.97 Å². The molecule has 1 amide bonds. The summed E-state index contributed by atoms with van der Waals surface area (Å²) in [5, 5.41) is 0.141.